The zero-order valence-corrected chi connectivity index (χ0v) is 18.0. The van der Waals surface area contributed by atoms with E-state index in [-0.39, 0.29) is 17.5 Å². The van der Waals surface area contributed by atoms with Gasteiger partial charge in [0.2, 0.25) is 5.89 Å². The Bertz CT molecular complexity index is 1390. The lowest BCUT2D eigenvalue weighted by Gasteiger charge is -2.24. The van der Waals surface area contributed by atoms with Crippen molar-refractivity contribution >= 4 is 15.6 Å². The summed E-state index contributed by atoms with van der Waals surface area (Å²) in [5.74, 6) is 0.675. The van der Waals surface area contributed by atoms with Crippen molar-refractivity contribution < 1.29 is 12.8 Å². The van der Waals surface area contributed by atoms with Crippen LogP contribution in [0.2, 0.25) is 0 Å². The smallest absolute Gasteiger partial charge is 0.268 e. The van der Waals surface area contributed by atoms with Crippen LogP contribution in [0.3, 0.4) is 0 Å². The van der Waals surface area contributed by atoms with Gasteiger partial charge in [0.05, 0.1) is 24.4 Å². The lowest BCUT2D eigenvalue weighted by atomic mass is 10.1. The molecule has 1 aliphatic heterocycles. The molecule has 0 atom stereocenters. The summed E-state index contributed by atoms with van der Waals surface area (Å²) in [6.07, 6.45) is 8.53. The predicted molar refractivity (Wildman–Crippen MR) is 115 cm³/mol. The van der Waals surface area contributed by atoms with Gasteiger partial charge in [-0.2, -0.15) is 4.31 Å². The molecule has 0 fully saturated rings. The maximum atomic E-state index is 12.8. The highest BCUT2D eigenvalue weighted by Gasteiger charge is 2.28. The first-order chi connectivity index (χ1) is 15.5. The third kappa shape index (κ3) is 3.83. The molecule has 10 nitrogen and oxygen atoms in total. The summed E-state index contributed by atoms with van der Waals surface area (Å²) in [4.78, 5) is 12.8. The van der Waals surface area contributed by atoms with E-state index in [0.717, 1.165) is 11.1 Å². The molecule has 0 N–H and O–H groups in total. The molecule has 5 rings (SSSR count). The SMILES string of the molecule is Cn1cnc(S(=O)(=O)N2CC=C(c3cncc(-c4nnc(-c5ccccc5)o4)n3)CC2)c1. The third-order valence-corrected chi connectivity index (χ3v) is 6.84. The van der Waals surface area contributed by atoms with Crippen molar-refractivity contribution in [1.82, 2.24) is 34.0 Å². The Morgan fingerprint density at radius 2 is 1.81 bits per heavy atom. The van der Waals surface area contributed by atoms with Crippen LogP contribution in [0.5, 0.6) is 0 Å². The fourth-order valence-corrected chi connectivity index (χ4v) is 4.75. The van der Waals surface area contributed by atoms with E-state index < -0.39 is 10.0 Å². The highest BCUT2D eigenvalue weighted by atomic mass is 32.2. The average molecular weight is 449 g/mol. The van der Waals surface area contributed by atoms with Gasteiger partial charge in [-0.25, -0.2) is 18.4 Å². The van der Waals surface area contributed by atoms with Gasteiger partial charge in [0.1, 0.15) is 5.69 Å². The van der Waals surface area contributed by atoms with E-state index in [0.29, 0.717) is 30.2 Å². The second-order valence-electron chi connectivity index (χ2n) is 7.29. The number of nitrogens with zero attached hydrogens (tertiary/aromatic N) is 7. The quantitative estimate of drug-likeness (QED) is 0.455. The van der Waals surface area contributed by atoms with Gasteiger partial charge in [-0.05, 0) is 24.1 Å². The molecule has 1 aliphatic rings. The van der Waals surface area contributed by atoms with Crippen LogP contribution < -0.4 is 0 Å². The van der Waals surface area contributed by atoms with Crippen molar-refractivity contribution in [2.75, 3.05) is 13.1 Å². The molecule has 0 amide bonds. The standard InChI is InChI=1S/C21H19N7O3S/c1-27-13-19(23-14-27)32(29,30)28-9-7-15(8-10-28)17-11-22-12-18(24-17)21-26-25-20(31-21)16-5-3-2-4-6-16/h2-7,11-14H,8-10H2,1H3. The summed E-state index contributed by atoms with van der Waals surface area (Å²) in [6, 6.07) is 9.48. The van der Waals surface area contributed by atoms with E-state index >= 15 is 0 Å². The summed E-state index contributed by atoms with van der Waals surface area (Å²) >= 11 is 0. The molecule has 0 saturated carbocycles. The van der Waals surface area contributed by atoms with Crippen molar-refractivity contribution in [3.63, 3.8) is 0 Å². The van der Waals surface area contributed by atoms with Crippen molar-refractivity contribution in [2.45, 2.75) is 11.4 Å². The van der Waals surface area contributed by atoms with Crippen LogP contribution in [0, 0.1) is 0 Å². The maximum Gasteiger partial charge on any atom is 0.268 e. The molecule has 0 spiro atoms. The first kappa shape index (κ1) is 20.2. The maximum absolute atomic E-state index is 12.8. The van der Waals surface area contributed by atoms with E-state index in [1.807, 2.05) is 36.4 Å². The van der Waals surface area contributed by atoms with E-state index in [2.05, 4.69) is 25.1 Å². The van der Waals surface area contributed by atoms with Crippen LogP contribution in [0.15, 0.2) is 70.8 Å². The summed E-state index contributed by atoms with van der Waals surface area (Å²) in [7, 11) is -1.90. The van der Waals surface area contributed by atoms with Crippen LogP contribution in [-0.2, 0) is 17.1 Å². The molecule has 11 heteroatoms. The van der Waals surface area contributed by atoms with Gasteiger partial charge < -0.3 is 8.98 Å². The second-order valence-corrected chi connectivity index (χ2v) is 9.17. The van der Waals surface area contributed by atoms with Crippen LogP contribution in [0.25, 0.3) is 28.6 Å². The Kier molecular flexibility index (Phi) is 5.11. The number of imidazole rings is 1. The van der Waals surface area contributed by atoms with Gasteiger partial charge in [0, 0.05) is 31.9 Å². The predicted octanol–water partition coefficient (Wildman–Crippen LogP) is 2.41. The van der Waals surface area contributed by atoms with Crippen molar-refractivity contribution in [3.8, 4) is 23.0 Å². The minimum Gasteiger partial charge on any atom is -0.415 e. The van der Waals surface area contributed by atoms with Crippen LogP contribution in [0.4, 0.5) is 0 Å². The third-order valence-electron chi connectivity index (χ3n) is 5.09. The number of aromatic nitrogens is 6. The molecule has 0 bridgehead atoms. The van der Waals surface area contributed by atoms with Crippen molar-refractivity contribution in [2.24, 2.45) is 7.05 Å². The number of hydrogen-bond donors (Lipinski definition) is 0. The Balaban J connectivity index is 1.36. The first-order valence-corrected chi connectivity index (χ1v) is 11.3. The van der Waals surface area contributed by atoms with Gasteiger partial charge in [-0.3, -0.25) is 4.98 Å². The van der Waals surface area contributed by atoms with Crippen molar-refractivity contribution in [1.29, 1.82) is 0 Å². The fourth-order valence-electron chi connectivity index (χ4n) is 3.40. The van der Waals surface area contributed by atoms with E-state index in [4.69, 9.17) is 4.42 Å². The molecule has 1 aromatic carbocycles. The lowest BCUT2D eigenvalue weighted by molar-refractivity contribution is 0.439. The largest absolute Gasteiger partial charge is 0.415 e. The number of benzene rings is 1. The number of rotatable bonds is 5. The Morgan fingerprint density at radius 3 is 2.53 bits per heavy atom. The summed E-state index contributed by atoms with van der Waals surface area (Å²) in [5.41, 5.74) is 2.84. The highest BCUT2D eigenvalue weighted by Crippen LogP contribution is 2.27. The molecule has 4 aromatic rings. The van der Waals surface area contributed by atoms with Gasteiger partial charge in [-0.15, -0.1) is 10.2 Å². The molecule has 4 heterocycles. The lowest BCUT2D eigenvalue weighted by Crippen LogP contribution is -2.35. The number of hydrogen-bond acceptors (Lipinski definition) is 8. The molecular weight excluding hydrogens is 430 g/mol. The van der Waals surface area contributed by atoms with E-state index in [9.17, 15) is 8.42 Å². The average Bonchev–Trinajstić information content (AvgIpc) is 3.50. The molecule has 3 aromatic heterocycles. The van der Waals surface area contributed by atoms with Crippen LogP contribution in [0.1, 0.15) is 12.1 Å². The molecule has 0 saturated heterocycles. The molecule has 0 radical (unpaired) electrons. The Morgan fingerprint density at radius 1 is 1.03 bits per heavy atom. The topological polar surface area (TPSA) is 120 Å². The summed E-state index contributed by atoms with van der Waals surface area (Å²) < 4.78 is 34.3. The minimum absolute atomic E-state index is 0.0456. The zero-order valence-electron chi connectivity index (χ0n) is 17.2. The summed E-state index contributed by atoms with van der Waals surface area (Å²) in [6.45, 7) is 0.564. The number of aryl methyl sites for hydroxylation is 1. The van der Waals surface area contributed by atoms with Gasteiger partial charge in [0.15, 0.2) is 5.03 Å². The van der Waals surface area contributed by atoms with Crippen molar-refractivity contribution in [3.05, 3.63) is 67.0 Å². The molecular formula is C21H19N7O3S. The summed E-state index contributed by atoms with van der Waals surface area (Å²) in [5, 5.41) is 8.23. The van der Waals surface area contributed by atoms with Crippen LogP contribution in [-0.4, -0.2) is 55.5 Å². The monoisotopic (exact) mass is 449 g/mol. The molecule has 32 heavy (non-hydrogen) atoms. The highest BCUT2D eigenvalue weighted by molar-refractivity contribution is 7.89. The van der Waals surface area contributed by atoms with E-state index in [1.54, 1.807) is 24.0 Å². The fraction of sp³-hybridized carbons (Fsp3) is 0.190. The Labute approximate surface area is 184 Å². The number of sulfonamides is 1. The minimum atomic E-state index is -3.63. The van der Waals surface area contributed by atoms with Gasteiger partial charge in [0.25, 0.3) is 15.9 Å². The van der Waals surface area contributed by atoms with Crippen LogP contribution >= 0.6 is 0 Å². The molecule has 0 aliphatic carbocycles. The second kappa shape index (κ2) is 8.09. The zero-order chi connectivity index (χ0) is 22.1. The van der Waals surface area contributed by atoms with E-state index in [1.165, 1.54) is 16.8 Å². The normalized spacial score (nSPS) is 15.0. The van der Waals surface area contributed by atoms with Gasteiger partial charge >= 0.3 is 0 Å². The van der Waals surface area contributed by atoms with Gasteiger partial charge in [-0.1, -0.05) is 24.3 Å². The molecule has 162 valence electrons. The first-order valence-electron chi connectivity index (χ1n) is 9.89. The molecule has 0 unspecified atom stereocenters. The Hall–Kier alpha value is -3.70.